The molecule has 0 saturated carbocycles. The van der Waals surface area contributed by atoms with Crippen molar-refractivity contribution < 1.29 is 4.74 Å². The van der Waals surface area contributed by atoms with E-state index in [-0.39, 0.29) is 6.10 Å². The van der Waals surface area contributed by atoms with Gasteiger partial charge in [0.05, 0.1) is 6.10 Å². The van der Waals surface area contributed by atoms with Crippen LogP contribution >= 0.6 is 11.6 Å². The third kappa shape index (κ3) is 4.92. The summed E-state index contributed by atoms with van der Waals surface area (Å²) in [5, 5.41) is 3.82. The lowest BCUT2D eigenvalue weighted by atomic mass is 10.2. The predicted octanol–water partition coefficient (Wildman–Crippen LogP) is 3.41. The van der Waals surface area contributed by atoms with Gasteiger partial charge in [-0.2, -0.15) is 0 Å². The zero-order chi connectivity index (χ0) is 12.7. The first kappa shape index (κ1) is 14.3. The highest BCUT2D eigenvalue weighted by Crippen LogP contribution is 2.24. The fourth-order valence-corrected chi connectivity index (χ4v) is 1.81. The molecule has 1 unspecified atom stereocenters. The molecule has 0 spiro atoms. The maximum atomic E-state index is 6.14. The molecule has 1 rings (SSSR count). The van der Waals surface area contributed by atoms with Crippen LogP contribution in [0.5, 0.6) is 5.88 Å². The largest absolute Gasteiger partial charge is 0.474 e. The van der Waals surface area contributed by atoms with Gasteiger partial charge in [0, 0.05) is 12.7 Å². The van der Waals surface area contributed by atoms with Crippen LogP contribution in [-0.2, 0) is 6.54 Å². The Balaban J connectivity index is 2.62. The molecule has 3 nitrogen and oxygen atoms in total. The lowest BCUT2D eigenvalue weighted by Gasteiger charge is -2.14. The second-order valence-corrected chi connectivity index (χ2v) is 4.54. The SMILES string of the molecule is CCCC(C)Oc1ncc(CNCC)cc1Cl. The third-order valence-corrected chi connectivity index (χ3v) is 2.72. The Morgan fingerprint density at radius 2 is 2.24 bits per heavy atom. The topological polar surface area (TPSA) is 34.1 Å². The molecule has 1 aromatic heterocycles. The van der Waals surface area contributed by atoms with Gasteiger partial charge in [0.25, 0.3) is 0 Å². The number of hydrogen-bond donors (Lipinski definition) is 1. The van der Waals surface area contributed by atoms with Gasteiger partial charge in [-0.15, -0.1) is 0 Å². The molecule has 1 atom stereocenters. The second kappa shape index (κ2) is 7.51. The van der Waals surface area contributed by atoms with Gasteiger partial charge < -0.3 is 10.1 Å². The van der Waals surface area contributed by atoms with Gasteiger partial charge >= 0.3 is 0 Å². The van der Waals surface area contributed by atoms with E-state index in [0.29, 0.717) is 10.9 Å². The Morgan fingerprint density at radius 1 is 1.47 bits per heavy atom. The predicted molar refractivity (Wildman–Crippen MR) is 71.6 cm³/mol. The van der Waals surface area contributed by atoms with Crippen molar-refractivity contribution in [3.8, 4) is 5.88 Å². The van der Waals surface area contributed by atoms with Crippen LogP contribution in [0.4, 0.5) is 0 Å². The summed E-state index contributed by atoms with van der Waals surface area (Å²) in [5.74, 6) is 0.535. The Labute approximate surface area is 109 Å². The summed E-state index contributed by atoms with van der Waals surface area (Å²) in [4.78, 5) is 4.26. The van der Waals surface area contributed by atoms with E-state index in [0.717, 1.165) is 31.5 Å². The van der Waals surface area contributed by atoms with Crippen LogP contribution in [0.1, 0.15) is 39.2 Å². The van der Waals surface area contributed by atoms with Crippen molar-refractivity contribution in [1.29, 1.82) is 0 Å². The van der Waals surface area contributed by atoms with Gasteiger partial charge in [-0.1, -0.05) is 31.9 Å². The van der Waals surface area contributed by atoms with E-state index in [1.54, 1.807) is 0 Å². The first-order chi connectivity index (χ1) is 8.17. The first-order valence-corrected chi connectivity index (χ1v) is 6.57. The van der Waals surface area contributed by atoms with Gasteiger partial charge in [-0.3, -0.25) is 0 Å². The number of pyridine rings is 1. The van der Waals surface area contributed by atoms with E-state index in [1.165, 1.54) is 0 Å². The second-order valence-electron chi connectivity index (χ2n) is 4.13. The minimum absolute atomic E-state index is 0.157. The summed E-state index contributed by atoms with van der Waals surface area (Å²) in [6.45, 7) is 7.96. The van der Waals surface area contributed by atoms with Gasteiger partial charge in [-0.05, 0) is 31.5 Å². The van der Waals surface area contributed by atoms with E-state index in [4.69, 9.17) is 16.3 Å². The molecule has 0 aliphatic rings. The van der Waals surface area contributed by atoms with Crippen LogP contribution in [0.25, 0.3) is 0 Å². The maximum Gasteiger partial charge on any atom is 0.232 e. The Kier molecular flexibility index (Phi) is 6.30. The molecule has 4 heteroatoms. The number of halogens is 1. The van der Waals surface area contributed by atoms with Crippen molar-refractivity contribution in [2.75, 3.05) is 6.54 Å². The van der Waals surface area contributed by atoms with Crippen LogP contribution in [0.2, 0.25) is 5.02 Å². The number of rotatable bonds is 7. The summed E-state index contributed by atoms with van der Waals surface area (Å²) in [7, 11) is 0. The standard InChI is InChI=1S/C13H21ClN2O/c1-4-6-10(3)17-13-12(14)7-11(9-16-13)8-15-5-2/h7,9-10,15H,4-6,8H2,1-3H3. The van der Waals surface area contributed by atoms with Crippen LogP contribution in [-0.4, -0.2) is 17.6 Å². The average molecular weight is 257 g/mol. The van der Waals surface area contributed by atoms with E-state index >= 15 is 0 Å². The summed E-state index contributed by atoms with van der Waals surface area (Å²) in [6, 6.07) is 1.91. The molecule has 0 saturated heterocycles. The van der Waals surface area contributed by atoms with Crippen molar-refractivity contribution in [1.82, 2.24) is 10.3 Å². The summed E-state index contributed by atoms with van der Waals surface area (Å²) < 4.78 is 5.68. The zero-order valence-electron chi connectivity index (χ0n) is 10.8. The number of nitrogens with zero attached hydrogens (tertiary/aromatic N) is 1. The highest BCUT2D eigenvalue weighted by atomic mass is 35.5. The third-order valence-electron chi connectivity index (χ3n) is 2.45. The quantitative estimate of drug-likeness (QED) is 0.812. The van der Waals surface area contributed by atoms with Gasteiger partial charge in [-0.25, -0.2) is 4.98 Å². The molecule has 0 amide bonds. The molecule has 17 heavy (non-hydrogen) atoms. The van der Waals surface area contributed by atoms with Crippen molar-refractivity contribution >= 4 is 11.6 Å². The normalized spacial score (nSPS) is 12.5. The molecule has 0 aromatic carbocycles. The van der Waals surface area contributed by atoms with Crippen molar-refractivity contribution in [2.45, 2.75) is 46.3 Å². The number of nitrogens with one attached hydrogen (secondary N) is 1. The highest BCUT2D eigenvalue weighted by molar-refractivity contribution is 6.31. The molecule has 0 bridgehead atoms. The zero-order valence-corrected chi connectivity index (χ0v) is 11.5. The van der Waals surface area contributed by atoms with Crippen LogP contribution in [0.3, 0.4) is 0 Å². The molecular formula is C13H21ClN2O. The number of aromatic nitrogens is 1. The van der Waals surface area contributed by atoms with E-state index in [2.05, 4.69) is 24.1 Å². The van der Waals surface area contributed by atoms with Crippen LogP contribution in [0, 0.1) is 0 Å². The monoisotopic (exact) mass is 256 g/mol. The minimum Gasteiger partial charge on any atom is -0.474 e. The minimum atomic E-state index is 0.157. The van der Waals surface area contributed by atoms with E-state index < -0.39 is 0 Å². The summed E-state index contributed by atoms with van der Waals surface area (Å²) in [5.41, 5.74) is 1.08. The van der Waals surface area contributed by atoms with Crippen LogP contribution in [0.15, 0.2) is 12.3 Å². The molecule has 0 aliphatic heterocycles. The average Bonchev–Trinajstić information content (AvgIpc) is 2.30. The Bertz CT molecular complexity index is 344. The molecule has 1 heterocycles. The molecule has 0 fully saturated rings. The number of hydrogen-bond acceptors (Lipinski definition) is 3. The molecule has 0 radical (unpaired) electrons. The van der Waals surface area contributed by atoms with Gasteiger partial charge in [0.2, 0.25) is 5.88 Å². The highest BCUT2D eigenvalue weighted by Gasteiger charge is 2.08. The molecule has 96 valence electrons. The molecule has 0 aliphatic carbocycles. The van der Waals surface area contributed by atoms with Crippen molar-refractivity contribution in [2.24, 2.45) is 0 Å². The van der Waals surface area contributed by atoms with Gasteiger partial charge in [0.15, 0.2) is 0 Å². The molecule has 1 N–H and O–H groups in total. The van der Waals surface area contributed by atoms with Crippen LogP contribution < -0.4 is 10.1 Å². The fraction of sp³-hybridized carbons (Fsp3) is 0.615. The van der Waals surface area contributed by atoms with E-state index in [1.807, 2.05) is 19.2 Å². The smallest absolute Gasteiger partial charge is 0.232 e. The number of ether oxygens (including phenoxy) is 1. The first-order valence-electron chi connectivity index (χ1n) is 6.19. The fourth-order valence-electron chi connectivity index (χ4n) is 1.57. The van der Waals surface area contributed by atoms with E-state index in [9.17, 15) is 0 Å². The molecule has 1 aromatic rings. The maximum absolute atomic E-state index is 6.14. The lowest BCUT2D eigenvalue weighted by molar-refractivity contribution is 0.201. The summed E-state index contributed by atoms with van der Waals surface area (Å²) >= 11 is 6.14. The Morgan fingerprint density at radius 3 is 2.82 bits per heavy atom. The van der Waals surface area contributed by atoms with Gasteiger partial charge in [0.1, 0.15) is 5.02 Å². The lowest BCUT2D eigenvalue weighted by Crippen LogP contribution is -2.14. The van der Waals surface area contributed by atoms with Crippen molar-refractivity contribution in [3.05, 3.63) is 22.8 Å². The summed E-state index contributed by atoms with van der Waals surface area (Å²) in [6.07, 6.45) is 4.07. The Hall–Kier alpha value is -0.800. The van der Waals surface area contributed by atoms with Crippen molar-refractivity contribution in [3.63, 3.8) is 0 Å². The molecular weight excluding hydrogens is 236 g/mol.